The summed E-state index contributed by atoms with van der Waals surface area (Å²) in [6.07, 6.45) is 2.24. The molecule has 1 heterocycles. The van der Waals surface area contributed by atoms with Crippen LogP contribution in [0.25, 0.3) is 0 Å². The van der Waals surface area contributed by atoms with Gasteiger partial charge in [-0.05, 0) is 36.8 Å². The number of amides is 2. The minimum Gasteiger partial charge on any atom is -0.369 e. The van der Waals surface area contributed by atoms with Gasteiger partial charge in [-0.15, -0.1) is 0 Å². The summed E-state index contributed by atoms with van der Waals surface area (Å²) in [7, 11) is 0. The molecule has 1 aliphatic heterocycles. The minimum atomic E-state index is -0.339. The Kier molecular flexibility index (Phi) is 3.66. The third-order valence-corrected chi connectivity index (χ3v) is 4.55. The summed E-state index contributed by atoms with van der Waals surface area (Å²) in [5, 5.41) is 0. The molecule has 4 nitrogen and oxygen atoms in total. The van der Waals surface area contributed by atoms with Gasteiger partial charge in [-0.1, -0.05) is 18.2 Å². The van der Waals surface area contributed by atoms with Crippen LogP contribution in [0.3, 0.4) is 0 Å². The second kappa shape index (κ2) is 5.47. The van der Waals surface area contributed by atoms with E-state index in [2.05, 4.69) is 0 Å². The van der Waals surface area contributed by atoms with Gasteiger partial charge in [0.25, 0.3) is 0 Å². The predicted molar refractivity (Wildman–Crippen MR) is 75.7 cm³/mol. The molecule has 1 saturated carbocycles. The number of nitrogens with zero attached hydrogens (tertiary/aromatic N) is 1. The van der Waals surface area contributed by atoms with Crippen molar-refractivity contribution in [2.24, 2.45) is 17.6 Å². The standard InChI is InChI=1S/C16H19FN2O2/c17-14-6-2-1-5-11(14)12-8-13(12)16(21)19-7-3-4-10(9-19)15(18)20/h1-2,5-6,10,12-13H,3-4,7-9H2,(H2,18,20). The number of hydrogen-bond acceptors (Lipinski definition) is 2. The van der Waals surface area contributed by atoms with E-state index in [-0.39, 0.29) is 35.4 Å². The summed E-state index contributed by atoms with van der Waals surface area (Å²) in [6, 6.07) is 6.62. The van der Waals surface area contributed by atoms with Gasteiger partial charge in [0.05, 0.1) is 5.92 Å². The molecule has 2 fully saturated rings. The van der Waals surface area contributed by atoms with Crippen LogP contribution in [-0.2, 0) is 9.59 Å². The number of rotatable bonds is 3. The third-order valence-electron chi connectivity index (χ3n) is 4.55. The molecule has 0 bridgehead atoms. The van der Waals surface area contributed by atoms with Crippen molar-refractivity contribution in [2.45, 2.75) is 25.2 Å². The highest BCUT2D eigenvalue weighted by Crippen LogP contribution is 2.49. The number of carbonyl (C=O) groups excluding carboxylic acids is 2. The fraction of sp³-hybridized carbons (Fsp3) is 0.500. The van der Waals surface area contributed by atoms with Crippen molar-refractivity contribution in [1.82, 2.24) is 4.90 Å². The summed E-state index contributed by atoms with van der Waals surface area (Å²) < 4.78 is 13.7. The maximum absolute atomic E-state index is 13.7. The van der Waals surface area contributed by atoms with E-state index in [1.165, 1.54) is 6.07 Å². The molecule has 1 saturated heterocycles. The van der Waals surface area contributed by atoms with E-state index in [9.17, 15) is 14.0 Å². The highest BCUT2D eigenvalue weighted by Gasteiger charge is 2.47. The number of carbonyl (C=O) groups is 2. The number of piperidine rings is 1. The first-order valence-corrected chi connectivity index (χ1v) is 7.40. The molecule has 1 aromatic rings. The molecule has 112 valence electrons. The van der Waals surface area contributed by atoms with Gasteiger partial charge in [-0.3, -0.25) is 9.59 Å². The van der Waals surface area contributed by atoms with E-state index in [1.54, 1.807) is 23.1 Å². The summed E-state index contributed by atoms with van der Waals surface area (Å²) in [6.45, 7) is 1.08. The third kappa shape index (κ3) is 2.77. The van der Waals surface area contributed by atoms with Gasteiger partial charge >= 0.3 is 0 Å². The van der Waals surface area contributed by atoms with E-state index >= 15 is 0 Å². The number of halogens is 1. The fourth-order valence-electron chi connectivity index (χ4n) is 3.23. The van der Waals surface area contributed by atoms with Crippen LogP contribution in [0.2, 0.25) is 0 Å². The number of benzene rings is 1. The molecule has 2 aliphatic rings. The second-order valence-electron chi connectivity index (χ2n) is 6.00. The lowest BCUT2D eigenvalue weighted by atomic mass is 9.97. The maximum Gasteiger partial charge on any atom is 0.226 e. The Bertz CT molecular complexity index is 575. The summed E-state index contributed by atoms with van der Waals surface area (Å²) in [4.78, 5) is 25.5. The van der Waals surface area contributed by atoms with Crippen LogP contribution in [0, 0.1) is 17.7 Å². The topological polar surface area (TPSA) is 63.4 Å². The normalized spacial score (nSPS) is 28.2. The second-order valence-corrected chi connectivity index (χ2v) is 6.00. The van der Waals surface area contributed by atoms with Gasteiger partial charge in [-0.25, -0.2) is 4.39 Å². The first-order chi connectivity index (χ1) is 10.1. The smallest absolute Gasteiger partial charge is 0.226 e. The summed E-state index contributed by atoms with van der Waals surface area (Å²) >= 11 is 0. The quantitative estimate of drug-likeness (QED) is 0.920. The number of hydrogen-bond donors (Lipinski definition) is 1. The van der Waals surface area contributed by atoms with Crippen molar-refractivity contribution >= 4 is 11.8 Å². The fourth-order valence-corrected chi connectivity index (χ4v) is 3.23. The molecule has 0 aromatic heterocycles. The average Bonchev–Trinajstić information content (AvgIpc) is 3.27. The SMILES string of the molecule is NC(=O)C1CCCN(C(=O)C2CC2c2ccccc2F)C1. The Balaban J connectivity index is 1.65. The molecule has 1 aromatic carbocycles. The van der Waals surface area contributed by atoms with Crippen molar-refractivity contribution in [3.63, 3.8) is 0 Å². The van der Waals surface area contributed by atoms with E-state index in [1.807, 2.05) is 0 Å². The Hall–Kier alpha value is -1.91. The Labute approximate surface area is 123 Å². The van der Waals surface area contributed by atoms with E-state index in [0.717, 1.165) is 12.8 Å². The van der Waals surface area contributed by atoms with Crippen LogP contribution < -0.4 is 5.73 Å². The van der Waals surface area contributed by atoms with Gasteiger partial charge in [0.15, 0.2) is 0 Å². The molecule has 21 heavy (non-hydrogen) atoms. The van der Waals surface area contributed by atoms with Crippen molar-refractivity contribution in [3.8, 4) is 0 Å². The summed E-state index contributed by atoms with van der Waals surface area (Å²) in [5.74, 6) is -0.954. The van der Waals surface area contributed by atoms with Crippen LogP contribution in [0.1, 0.15) is 30.7 Å². The van der Waals surface area contributed by atoms with Gasteiger partial charge in [0, 0.05) is 19.0 Å². The zero-order chi connectivity index (χ0) is 15.0. The van der Waals surface area contributed by atoms with E-state index < -0.39 is 0 Å². The molecular formula is C16H19FN2O2. The number of nitrogens with two attached hydrogens (primary N) is 1. The molecule has 3 rings (SSSR count). The van der Waals surface area contributed by atoms with Gasteiger partial charge in [0.1, 0.15) is 5.82 Å². The maximum atomic E-state index is 13.7. The molecular weight excluding hydrogens is 271 g/mol. The Morgan fingerprint density at radius 1 is 1.29 bits per heavy atom. The molecule has 5 heteroatoms. The van der Waals surface area contributed by atoms with Crippen LogP contribution in [0.15, 0.2) is 24.3 Å². The molecule has 3 atom stereocenters. The molecule has 0 spiro atoms. The monoisotopic (exact) mass is 290 g/mol. The molecule has 1 aliphatic carbocycles. The van der Waals surface area contributed by atoms with Gasteiger partial charge in [0.2, 0.25) is 11.8 Å². The zero-order valence-electron chi connectivity index (χ0n) is 11.8. The molecule has 3 unspecified atom stereocenters. The Morgan fingerprint density at radius 3 is 2.76 bits per heavy atom. The van der Waals surface area contributed by atoms with E-state index in [0.29, 0.717) is 25.1 Å². The van der Waals surface area contributed by atoms with Crippen molar-refractivity contribution in [2.75, 3.05) is 13.1 Å². The molecule has 0 radical (unpaired) electrons. The van der Waals surface area contributed by atoms with Crippen LogP contribution in [0.5, 0.6) is 0 Å². The lowest BCUT2D eigenvalue weighted by Crippen LogP contribution is -2.44. The molecule has 2 N–H and O–H groups in total. The summed E-state index contributed by atoms with van der Waals surface area (Å²) in [5.41, 5.74) is 5.96. The van der Waals surface area contributed by atoms with Crippen LogP contribution in [-0.4, -0.2) is 29.8 Å². The molecule has 2 amide bonds. The van der Waals surface area contributed by atoms with Crippen molar-refractivity contribution < 1.29 is 14.0 Å². The van der Waals surface area contributed by atoms with E-state index in [4.69, 9.17) is 5.73 Å². The van der Waals surface area contributed by atoms with Crippen molar-refractivity contribution in [1.29, 1.82) is 0 Å². The van der Waals surface area contributed by atoms with Gasteiger partial charge < -0.3 is 10.6 Å². The highest BCUT2D eigenvalue weighted by molar-refractivity contribution is 5.84. The minimum absolute atomic E-state index is 0.0207. The number of primary amides is 1. The van der Waals surface area contributed by atoms with Gasteiger partial charge in [-0.2, -0.15) is 0 Å². The number of likely N-dealkylation sites (tertiary alicyclic amines) is 1. The lowest BCUT2D eigenvalue weighted by molar-refractivity contribution is -0.136. The largest absolute Gasteiger partial charge is 0.369 e. The van der Waals surface area contributed by atoms with Crippen LogP contribution in [0.4, 0.5) is 4.39 Å². The first kappa shape index (κ1) is 14.0. The van der Waals surface area contributed by atoms with Crippen molar-refractivity contribution in [3.05, 3.63) is 35.6 Å². The average molecular weight is 290 g/mol. The predicted octanol–water partition coefficient (Wildman–Crippen LogP) is 1.65. The van der Waals surface area contributed by atoms with Crippen LogP contribution >= 0.6 is 0 Å². The highest BCUT2D eigenvalue weighted by atomic mass is 19.1. The Morgan fingerprint density at radius 2 is 2.05 bits per heavy atom. The first-order valence-electron chi connectivity index (χ1n) is 7.40. The zero-order valence-corrected chi connectivity index (χ0v) is 11.8. The lowest BCUT2D eigenvalue weighted by Gasteiger charge is -2.31.